The summed E-state index contributed by atoms with van der Waals surface area (Å²) in [4.78, 5) is 29.9. The molecule has 0 aliphatic carbocycles. The van der Waals surface area contributed by atoms with Gasteiger partial charge in [0.25, 0.3) is 5.91 Å². The molecule has 0 aromatic heterocycles. The smallest absolute Gasteiger partial charge is 0.416 e. The van der Waals surface area contributed by atoms with Gasteiger partial charge in [0, 0.05) is 17.9 Å². The number of methoxy groups -OCH3 is 2. The van der Waals surface area contributed by atoms with Gasteiger partial charge >= 0.3 is 6.09 Å². The maximum atomic E-state index is 13.9. The van der Waals surface area contributed by atoms with Gasteiger partial charge in [-0.25, -0.2) is 9.69 Å². The zero-order valence-corrected chi connectivity index (χ0v) is 23.2. The quantitative estimate of drug-likeness (QED) is 0.257. The number of amides is 2. The Morgan fingerprint density at radius 3 is 2.61 bits per heavy atom. The fraction of sp³-hybridized carbons (Fsp3) is 0.429. The summed E-state index contributed by atoms with van der Waals surface area (Å²) in [5.74, 6) is 1.28. The van der Waals surface area contributed by atoms with Gasteiger partial charge in [-0.1, -0.05) is 40.7 Å². The van der Waals surface area contributed by atoms with E-state index in [9.17, 15) is 14.7 Å². The van der Waals surface area contributed by atoms with E-state index in [0.717, 1.165) is 28.0 Å². The number of ether oxygens (including phenoxy) is 4. The third-order valence-electron chi connectivity index (χ3n) is 6.93. The Morgan fingerprint density at radius 2 is 1.95 bits per heavy atom. The Labute approximate surface area is 231 Å². The topological polar surface area (TPSA) is 97.8 Å². The third-order valence-corrected chi connectivity index (χ3v) is 7.49. The first-order valence-corrected chi connectivity index (χ1v) is 13.7. The van der Waals surface area contributed by atoms with Crippen LogP contribution in [0.4, 0.5) is 10.5 Å². The summed E-state index contributed by atoms with van der Waals surface area (Å²) in [6.07, 6.45) is 1.24. The van der Waals surface area contributed by atoms with Gasteiger partial charge in [0.2, 0.25) is 0 Å². The highest BCUT2D eigenvalue weighted by molar-refractivity contribution is 9.09. The number of aliphatic hydroxyl groups excluding tert-OH is 1. The molecule has 204 valence electrons. The molecule has 0 radical (unpaired) electrons. The molecule has 10 heteroatoms. The minimum absolute atomic E-state index is 0.0427. The van der Waals surface area contributed by atoms with E-state index in [1.54, 1.807) is 24.1 Å². The minimum atomic E-state index is -1.35. The summed E-state index contributed by atoms with van der Waals surface area (Å²) in [6.45, 7) is 4.37. The van der Waals surface area contributed by atoms with E-state index in [4.69, 9.17) is 18.9 Å². The van der Waals surface area contributed by atoms with Crippen molar-refractivity contribution in [2.24, 2.45) is 0 Å². The van der Waals surface area contributed by atoms with E-state index in [1.807, 2.05) is 24.3 Å². The lowest BCUT2D eigenvalue weighted by molar-refractivity contribution is 0.0193. The molecule has 2 aliphatic heterocycles. The van der Waals surface area contributed by atoms with Crippen molar-refractivity contribution in [2.45, 2.75) is 37.5 Å². The predicted molar refractivity (Wildman–Crippen MR) is 147 cm³/mol. The van der Waals surface area contributed by atoms with Crippen LogP contribution in [0.2, 0.25) is 0 Å². The number of nitrogens with zero attached hydrogens (tertiary/aromatic N) is 2. The summed E-state index contributed by atoms with van der Waals surface area (Å²) in [6, 6.07) is 10.3. The molecule has 1 saturated heterocycles. The summed E-state index contributed by atoms with van der Waals surface area (Å²) < 4.78 is 22.0. The average Bonchev–Trinajstić information content (AvgIpc) is 3.03. The third kappa shape index (κ3) is 5.61. The van der Waals surface area contributed by atoms with Gasteiger partial charge in [0.15, 0.2) is 17.7 Å². The first kappa shape index (κ1) is 27.8. The highest BCUT2D eigenvalue weighted by atomic mass is 79.9. The second-order valence-corrected chi connectivity index (χ2v) is 9.91. The fourth-order valence-electron chi connectivity index (χ4n) is 5.02. The van der Waals surface area contributed by atoms with E-state index < -0.39 is 18.4 Å². The highest BCUT2D eigenvalue weighted by Crippen LogP contribution is 2.43. The van der Waals surface area contributed by atoms with E-state index in [0.29, 0.717) is 37.5 Å². The number of piperidine rings is 1. The fourth-order valence-corrected chi connectivity index (χ4v) is 5.24. The van der Waals surface area contributed by atoms with Gasteiger partial charge in [-0.15, -0.1) is 0 Å². The van der Waals surface area contributed by atoms with Crippen molar-refractivity contribution in [2.75, 3.05) is 44.2 Å². The van der Waals surface area contributed by atoms with Gasteiger partial charge in [0.1, 0.15) is 12.4 Å². The maximum Gasteiger partial charge on any atom is 0.416 e. The molecule has 4 rings (SSSR count). The van der Waals surface area contributed by atoms with Crippen molar-refractivity contribution in [3.05, 3.63) is 60.2 Å². The molecule has 2 aromatic rings. The van der Waals surface area contributed by atoms with Crippen LogP contribution in [-0.2, 0) is 4.74 Å². The standard InChI is InChI=1S/C28H33BrN2O7/c1-4-13-38-28(34)31-22-17-25(37-14-5-11-29)24(36-3)16-21(22)26(32)30-12-10-19(15-23(30)27(31)33)18-6-8-20(35-2)9-7-18/h4,6-9,16-17,19,23,27,33H,1,5,10-15H2,2-3H3/t19?,23-,27?/m0/s1. The molecule has 1 fully saturated rings. The molecule has 2 heterocycles. The van der Waals surface area contributed by atoms with E-state index >= 15 is 0 Å². The summed E-state index contributed by atoms with van der Waals surface area (Å²) in [7, 11) is 3.11. The van der Waals surface area contributed by atoms with Gasteiger partial charge in [-0.3, -0.25) is 4.79 Å². The van der Waals surface area contributed by atoms with Crippen LogP contribution in [0.5, 0.6) is 17.2 Å². The van der Waals surface area contributed by atoms with Gasteiger partial charge in [0.05, 0.1) is 38.1 Å². The number of hydrogen-bond acceptors (Lipinski definition) is 7. The summed E-state index contributed by atoms with van der Waals surface area (Å²) in [5.41, 5.74) is 1.52. The Kier molecular flexibility index (Phi) is 9.17. The van der Waals surface area contributed by atoms with Crippen LogP contribution in [0, 0.1) is 0 Å². The second-order valence-electron chi connectivity index (χ2n) is 9.12. The molecule has 0 spiro atoms. The molecule has 3 atom stereocenters. The number of carbonyl (C=O) groups is 2. The van der Waals surface area contributed by atoms with Crippen molar-refractivity contribution in [1.29, 1.82) is 0 Å². The molecule has 38 heavy (non-hydrogen) atoms. The SMILES string of the molecule is C=CCOC(=O)N1c2cc(OCCCBr)c(OC)cc2C(=O)N2CCC(c3ccc(OC)cc3)C[C@H]2C1O. The first-order chi connectivity index (χ1) is 18.4. The van der Waals surface area contributed by atoms with Crippen LogP contribution in [0.3, 0.4) is 0 Å². The van der Waals surface area contributed by atoms with Gasteiger partial charge < -0.3 is 29.0 Å². The van der Waals surface area contributed by atoms with Crippen molar-refractivity contribution in [3.8, 4) is 17.2 Å². The van der Waals surface area contributed by atoms with Gasteiger partial charge in [-0.2, -0.15) is 0 Å². The molecule has 2 aliphatic rings. The zero-order valence-electron chi connectivity index (χ0n) is 21.6. The molecule has 0 bridgehead atoms. The molecular formula is C28H33BrN2O7. The number of rotatable bonds is 9. The monoisotopic (exact) mass is 588 g/mol. The van der Waals surface area contributed by atoms with Gasteiger partial charge in [-0.05, 0) is 48.9 Å². The lowest BCUT2D eigenvalue weighted by Gasteiger charge is -2.42. The van der Waals surface area contributed by atoms with E-state index in [-0.39, 0.29) is 29.7 Å². The first-order valence-electron chi connectivity index (χ1n) is 12.5. The van der Waals surface area contributed by atoms with Crippen LogP contribution in [0.1, 0.15) is 41.1 Å². The number of benzene rings is 2. The summed E-state index contributed by atoms with van der Waals surface area (Å²) >= 11 is 3.38. The molecule has 2 amide bonds. The van der Waals surface area contributed by atoms with Crippen molar-refractivity contribution in [1.82, 2.24) is 4.90 Å². The molecule has 2 aromatic carbocycles. The Balaban J connectivity index is 1.74. The molecule has 0 saturated carbocycles. The van der Waals surface area contributed by atoms with Crippen LogP contribution in [-0.4, -0.2) is 73.6 Å². The lowest BCUT2D eigenvalue weighted by Crippen LogP contribution is -2.56. The predicted octanol–water partition coefficient (Wildman–Crippen LogP) is 4.72. The number of fused-ring (bicyclic) bond motifs is 2. The number of carbonyl (C=O) groups excluding carboxylic acids is 2. The van der Waals surface area contributed by atoms with Crippen LogP contribution in [0.25, 0.3) is 0 Å². The van der Waals surface area contributed by atoms with Crippen molar-refractivity contribution in [3.63, 3.8) is 0 Å². The van der Waals surface area contributed by atoms with Crippen LogP contribution < -0.4 is 19.1 Å². The average molecular weight is 589 g/mol. The molecule has 1 N–H and O–H groups in total. The number of hydrogen-bond donors (Lipinski definition) is 1. The van der Waals surface area contributed by atoms with Crippen molar-refractivity contribution >= 4 is 33.6 Å². The molecule has 2 unspecified atom stereocenters. The number of halogens is 1. The van der Waals surface area contributed by atoms with Crippen LogP contribution >= 0.6 is 15.9 Å². The van der Waals surface area contributed by atoms with E-state index in [2.05, 4.69) is 22.5 Å². The number of alkyl halides is 1. The van der Waals surface area contributed by atoms with Crippen LogP contribution in [0.15, 0.2) is 49.1 Å². The second kappa shape index (κ2) is 12.5. The Morgan fingerprint density at radius 1 is 1.18 bits per heavy atom. The highest BCUT2D eigenvalue weighted by Gasteiger charge is 2.46. The number of aliphatic hydroxyl groups is 1. The summed E-state index contributed by atoms with van der Waals surface area (Å²) in [5, 5.41) is 12.4. The van der Waals surface area contributed by atoms with E-state index in [1.165, 1.54) is 13.2 Å². The molecule has 9 nitrogen and oxygen atoms in total. The maximum absolute atomic E-state index is 13.9. The van der Waals surface area contributed by atoms with Crippen molar-refractivity contribution < 1.29 is 33.6 Å². The largest absolute Gasteiger partial charge is 0.497 e. The normalized spacial score (nSPS) is 20.6. The Bertz CT molecular complexity index is 1160. The minimum Gasteiger partial charge on any atom is -0.497 e. The number of anilines is 1. The lowest BCUT2D eigenvalue weighted by atomic mass is 9.84. The zero-order chi connectivity index (χ0) is 27.2. The molecular weight excluding hydrogens is 556 g/mol. The Hall–Kier alpha value is -3.24.